The normalized spacial score (nSPS) is 12.2. The first-order chi connectivity index (χ1) is 9.70. The fraction of sp³-hybridized carbons (Fsp3) is 0.250. The second kappa shape index (κ2) is 7.67. The van der Waals surface area contributed by atoms with Crippen LogP contribution in [0.25, 0.3) is 0 Å². The van der Waals surface area contributed by atoms with E-state index in [1.807, 2.05) is 48.5 Å². The van der Waals surface area contributed by atoms with Gasteiger partial charge in [-0.1, -0.05) is 45.7 Å². The summed E-state index contributed by atoms with van der Waals surface area (Å²) in [4.78, 5) is 0. The summed E-state index contributed by atoms with van der Waals surface area (Å²) >= 11 is 9.54. The third-order valence-corrected chi connectivity index (χ3v) is 3.99. The molecule has 2 nitrogen and oxygen atoms in total. The number of benzene rings is 2. The number of halogens is 2. The summed E-state index contributed by atoms with van der Waals surface area (Å²) in [7, 11) is 0. The number of rotatable bonds is 6. The zero-order valence-corrected chi connectivity index (χ0v) is 13.3. The van der Waals surface area contributed by atoms with Gasteiger partial charge < -0.3 is 9.84 Å². The molecule has 0 saturated carbocycles. The third kappa shape index (κ3) is 4.23. The maximum absolute atomic E-state index is 9.52. The topological polar surface area (TPSA) is 29.5 Å². The largest absolute Gasteiger partial charge is 0.494 e. The van der Waals surface area contributed by atoms with Gasteiger partial charge in [0, 0.05) is 15.4 Å². The Balaban J connectivity index is 1.91. The Labute approximate surface area is 132 Å². The van der Waals surface area contributed by atoms with Crippen LogP contribution in [-0.2, 0) is 0 Å². The van der Waals surface area contributed by atoms with E-state index in [0.29, 0.717) is 11.6 Å². The minimum atomic E-state index is -0.000789. The van der Waals surface area contributed by atoms with Gasteiger partial charge in [-0.3, -0.25) is 0 Å². The Bertz CT molecular complexity index is 542. The van der Waals surface area contributed by atoms with E-state index in [9.17, 15) is 5.11 Å². The standard InChI is InChI=1S/C16H16BrClO2/c17-13-5-7-14(8-6-13)20-10-9-12(11-19)15-3-1-2-4-16(15)18/h1-8,12,19H,9-11H2. The van der Waals surface area contributed by atoms with Crippen molar-refractivity contribution >= 4 is 27.5 Å². The molecule has 106 valence electrons. The number of aliphatic hydroxyl groups excluding tert-OH is 1. The number of hydrogen-bond acceptors (Lipinski definition) is 2. The highest BCUT2D eigenvalue weighted by atomic mass is 79.9. The fourth-order valence-corrected chi connectivity index (χ4v) is 2.56. The molecule has 0 aromatic heterocycles. The minimum Gasteiger partial charge on any atom is -0.494 e. The molecule has 0 heterocycles. The van der Waals surface area contributed by atoms with Crippen molar-refractivity contribution in [1.29, 1.82) is 0 Å². The van der Waals surface area contributed by atoms with Crippen LogP contribution in [0.5, 0.6) is 5.75 Å². The van der Waals surface area contributed by atoms with Gasteiger partial charge in [-0.2, -0.15) is 0 Å². The summed E-state index contributed by atoms with van der Waals surface area (Å²) in [6.07, 6.45) is 0.719. The van der Waals surface area contributed by atoms with E-state index < -0.39 is 0 Å². The van der Waals surface area contributed by atoms with Crippen LogP contribution in [0.2, 0.25) is 5.02 Å². The average Bonchev–Trinajstić information content (AvgIpc) is 2.47. The van der Waals surface area contributed by atoms with Crippen molar-refractivity contribution in [1.82, 2.24) is 0 Å². The molecule has 2 aromatic rings. The van der Waals surface area contributed by atoms with Gasteiger partial charge in [0.05, 0.1) is 13.2 Å². The molecule has 0 amide bonds. The molecular formula is C16H16BrClO2. The van der Waals surface area contributed by atoms with Gasteiger partial charge in [-0.05, 0) is 42.3 Å². The molecule has 0 radical (unpaired) electrons. The second-order valence-electron chi connectivity index (χ2n) is 4.49. The summed E-state index contributed by atoms with van der Waals surface area (Å²) in [5.74, 6) is 0.822. The van der Waals surface area contributed by atoms with E-state index in [-0.39, 0.29) is 12.5 Å². The van der Waals surface area contributed by atoms with Crippen LogP contribution in [-0.4, -0.2) is 18.3 Å². The van der Waals surface area contributed by atoms with Crippen molar-refractivity contribution < 1.29 is 9.84 Å². The Morgan fingerprint density at radius 2 is 1.80 bits per heavy atom. The molecule has 1 atom stereocenters. The first kappa shape index (κ1) is 15.4. The summed E-state index contributed by atoms with van der Waals surface area (Å²) < 4.78 is 6.70. The summed E-state index contributed by atoms with van der Waals surface area (Å²) in [6, 6.07) is 15.3. The lowest BCUT2D eigenvalue weighted by Gasteiger charge is -2.16. The molecule has 1 unspecified atom stereocenters. The third-order valence-electron chi connectivity index (χ3n) is 3.11. The van der Waals surface area contributed by atoms with Crippen molar-refractivity contribution in [2.45, 2.75) is 12.3 Å². The zero-order chi connectivity index (χ0) is 14.4. The molecule has 20 heavy (non-hydrogen) atoms. The van der Waals surface area contributed by atoms with Gasteiger partial charge in [0.2, 0.25) is 0 Å². The predicted octanol–water partition coefficient (Wildman–Crippen LogP) is 4.65. The van der Waals surface area contributed by atoms with Gasteiger partial charge in [-0.25, -0.2) is 0 Å². The summed E-state index contributed by atoms with van der Waals surface area (Å²) in [6.45, 7) is 0.603. The first-order valence-electron chi connectivity index (χ1n) is 6.44. The quantitative estimate of drug-likeness (QED) is 0.817. The lowest BCUT2D eigenvalue weighted by molar-refractivity contribution is 0.229. The van der Waals surface area contributed by atoms with Crippen LogP contribution in [0.4, 0.5) is 0 Å². The molecule has 4 heteroatoms. The Hall–Kier alpha value is -1.03. The van der Waals surface area contributed by atoms with Gasteiger partial charge in [-0.15, -0.1) is 0 Å². The van der Waals surface area contributed by atoms with E-state index >= 15 is 0 Å². The lowest BCUT2D eigenvalue weighted by Crippen LogP contribution is -2.10. The maximum atomic E-state index is 9.52. The van der Waals surface area contributed by atoms with Crippen LogP contribution in [0.15, 0.2) is 53.0 Å². The van der Waals surface area contributed by atoms with E-state index in [1.54, 1.807) is 0 Å². The Morgan fingerprint density at radius 3 is 2.45 bits per heavy atom. The van der Waals surface area contributed by atoms with E-state index in [2.05, 4.69) is 15.9 Å². The Morgan fingerprint density at radius 1 is 1.10 bits per heavy atom. The monoisotopic (exact) mass is 354 g/mol. The summed E-state index contributed by atoms with van der Waals surface area (Å²) in [5, 5.41) is 10.2. The van der Waals surface area contributed by atoms with Gasteiger partial charge in [0.15, 0.2) is 0 Å². The summed E-state index contributed by atoms with van der Waals surface area (Å²) in [5.41, 5.74) is 0.969. The van der Waals surface area contributed by atoms with Crippen LogP contribution in [0.3, 0.4) is 0 Å². The van der Waals surface area contributed by atoms with Crippen molar-refractivity contribution in [3.63, 3.8) is 0 Å². The highest BCUT2D eigenvalue weighted by Crippen LogP contribution is 2.27. The van der Waals surface area contributed by atoms with E-state index in [1.165, 1.54) is 0 Å². The fourth-order valence-electron chi connectivity index (χ4n) is 2.00. The highest BCUT2D eigenvalue weighted by molar-refractivity contribution is 9.10. The molecule has 0 fully saturated rings. The van der Waals surface area contributed by atoms with Crippen molar-refractivity contribution in [3.8, 4) is 5.75 Å². The van der Waals surface area contributed by atoms with Crippen molar-refractivity contribution in [2.75, 3.05) is 13.2 Å². The zero-order valence-electron chi connectivity index (χ0n) is 10.9. The van der Waals surface area contributed by atoms with Crippen molar-refractivity contribution in [3.05, 3.63) is 63.6 Å². The molecule has 0 spiro atoms. The molecule has 2 rings (SSSR count). The maximum Gasteiger partial charge on any atom is 0.119 e. The molecule has 0 aliphatic heterocycles. The average molecular weight is 356 g/mol. The second-order valence-corrected chi connectivity index (χ2v) is 5.81. The lowest BCUT2D eigenvalue weighted by atomic mass is 9.97. The van der Waals surface area contributed by atoms with Gasteiger partial charge in [0.1, 0.15) is 5.75 Å². The van der Waals surface area contributed by atoms with Crippen molar-refractivity contribution in [2.24, 2.45) is 0 Å². The van der Waals surface area contributed by atoms with Gasteiger partial charge in [0.25, 0.3) is 0 Å². The number of ether oxygens (including phenoxy) is 1. The molecular weight excluding hydrogens is 340 g/mol. The van der Waals surface area contributed by atoms with E-state index in [4.69, 9.17) is 16.3 Å². The molecule has 1 N–H and O–H groups in total. The van der Waals surface area contributed by atoms with Crippen LogP contribution >= 0.6 is 27.5 Å². The van der Waals surface area contributed by atoms with E-state index in [0.717, 1.165) is 22.2 Å². The van der Waals surface area contributed by atoms with Gasteiger partial charge >= 0.3 is 0 Å². The SMILES string of the molecule is OCC(CCOc1ccc(Br)cc1)c1ccccc1Cl. The molecule has 0 aliphatic carbocycles. The number of hydrogen-bond donors (Lipinski definition) is 1. The smallest absolute Gasteiger partial charge is 0.119 e. The van der Waals surface area contributed by atoms with Crippen LogP contribution in [0, 0.1) is 0 Å². The Kier molecular flexibility index (Phi) is 5.89. The first-order valence-corrected chi connectivity index (χ1v) is 7.61. The molecule has 0 aliphatic rings. The highest BCUT2D eigenvalue weighted by Gasteiger charge is 2.13. The predicted molar refractivity (Wildman–Crippen MR) is 85.5 cm³/mol. The van der Waals surface area contributed by atoms with Crippen LogP contribution in [0.1, 0.15) is 17.9 Å². The number of aliphatic hydroxyl groups is 1. The molecule has 0 saturated heterocycles. The van der Waals surface area contributed by atoms with Crippen LogP contribution < -0.4 is 4.74 Å². The minimum absolute atomic E-state index is 0.000789. The molecule has 2 aromatic carbocycles. The molecule has 0 bridgehead atoms.